The molecular weight excluding hydrogens is 362 g/mol. The van der Waals surface area contributed by atoms with Crippen molar-refractivity contribution in [1.29, 1.82) is 0 Å². The minimum absolute atomic E-state index is 0.157. The second kappa shape index (κ2) is 7.90. The summed E-state index contributed by atoms with van der Waals surface area (Å²) in [5, 5.41) is 3.52. The molecule has 1 amide bonds. The van der Waals surface area contributed by atoms with E-state index in [0.29, 0.717) is 23.0 Å². The fourth-order valence-corrected chi connectivity index (χ4v) is 2.42. The fraction of sp³-hybridized carbons (Fsp3) is 0.235. The Balaban J connectivity index is 1.81. The van der Waals surface area contributed by atoms with Crippen LogP contribution in [0.4, 0.5) is 13.2 Å². The van der Waals surface area contributed by atoms with E-state index in [0.717, 1.165) is 23.3 Å². The largest absolute Gasteiger partial charge is 0.416 e. The Labute approximate surface area is 147 Å². The van der Waals surface area contributed by atoms with Crippen molar-refractivity contribution in [3.05, 3.63) is 69.2 Å². The quantitative estimate of drug-likeness (QED) is 0.789. The Morgan fingerprint density at radius 3 is 2.17 bits per heavy atom. The zero-order valence-corrected chi connectivity index (χ0v) is 14.0. The van der Waals surface area contributed by atoms with E-state index in [1.165, 1.54) is 12.1 Å². The van der Waals surface area contributed by atoms with Gasteiger partial charge in [-0.15, -0.1) is 0 Å². The zero-order valence-electron chi connectivity index (χ0n) is 12.5. The topological polar surface area (TPSA) is 29.1 Å². The Morgan fingerprint density at radius 1 is 0.958 bits per heavy atom. The number of benzene rings is 2. The van der Waals surface area contributed by atoms with Crippen molar-refractivity contribution >= 4 is 29.1 Å². The van der Waals surface area contributed by atoms with Gasteiger partial charge in [0, 0.05) is 6.54 Å². The summed E-state index contributed by atoms with van der Waals surface area (Å²) < 4.78 is 37.4. The number of rotatable bonds is 5. The lowest BCUT2D eigenvalue weighted by atomic mass is 10.1. The van der Waals surface area contributed by atoms with E-state index in [-0.39, 0.29) is 12.3 Å². The lowest BCUT2D eigenvalue weighted by Crippen LogP contribution is -2.27. The molecule has 0 saturated heterocycles. The molecule has 0 aromatic heterocycles. The normalized spacial score (nSPS) is 11.4. The van der Waals surface area contributed by atoms with Crippen molar-refractivity contribution in [1.82, 2.24) is 5.32 Å². The smallest absolute Gasteiger partial charge is 0.355 e. The van der Waals surface area contributed by atoms with Gasteiger partial charge in [0.05, 0.1) is 22.0 Å². The Bertz CT molecular complexity index is 715. The van der Waals surface area contributed by atoms with Crippen LogP contribution in [0.15, 0.2) is 42.5 Å². The maximum absolute atomic E-state index is 12.5. The SMILES string of the molecule is O=C(Cc1ccc(Cl)c(Cl)c1)NCCc1ccc(C(F)(F)F)cc1. The predicted octanol–water partition coefficient (Wildman–Crippen LogP) is 4.91. The highest BCUT2D eigenvalue weighted by atomic mass is 35.5. The van der Waals surface area contributed by atoms with Crippen LogP contribution in [-0.2, 0) is 23.8 Å². The molecule has 0 aliphatic rings. The first kappa shape index (κ1) is 18.6. The number of halogens is 5. The van der Waals surface area contributed by atoms with E-state index >= 15 is 0 Å². The molecule has 128 valence electrons. The van der Waals surface area contributed by atoms with Crippen molar-refractivity contribution < 1.29 is 18.0 Å². The first-order valence-corrected chi connectivity index (χ1v) is 7.88. The summed E-state index contributed by atoms with van der Waals surface area (Å²) in [4.78, 5) is 11.8. The van der Waals surface area contributed by atoms with E-state index in [1.807, 2.05) is 0 Å². The summed E-state index contributed by atoms with van der Waals surface area (Å²) >= 11 is 11.7. The number of carbonyl (C=O) groups is 1. The lowest BCUT2D eigenvalue weighted by molar-refractivity contribution is -0.137. The monoisotopic (exact) mass is 375 g/mol. The van der Waals surface area contributed by atoms with Crippen molar-refractivity contribution in [2.75, 3.05) is 6.54 Å². The molecule has 2 aromatic rings. The number of hydrogen-bond donors (Lipinski definition) is 1. The number of nitrogens with one attached hydrogen (secondary N) is 1. The van der Waals surface area contributed by atoms with Gasteiger partial charge in [-0.2, -0.15) is 13.2 Å². The van der Waals surface area contributed by atoms with Crippen molar-refractivity contribution in [2.45, 2.75) is 19.0 Å². The molecular formula is C17H14Cl2F3NO. The standard InChI is InChI=1S/C17H14Cl2F3NO/c18-14-6-3-12(9-15(14)19)10-16(24)23-8-7-11-1-4-13(5-2-11)17(20,21)22/h1-6,9H,7-8,10H2,(H,23,24). The van der Waals surface area contributed by atoms with Crippen LogP contribution in [0.5, 0.6) is 0 Å². The highest BCUT2D eigenvalue weighted by molar-refractivity contribution is 6.42. The third-order valence-electron chi connectivity index (χ3n) is 3.37. The summed E-state index contributed by atoms with van der Waals surface area (Å²) in [5.41, 5.74) is 0.768. The third kappa shape index (κ3) is 5.42. The van der Waals surface area contributed by atoms with E-state index in [1.54, 1.807) is 18.2 Å². The maximum Gasteiger partial charge on any atom is 0.416 e. The number of alkyl halides is 3. The van der Waals surface area contributed by atoms with Crippen LogP contribution in [0.3, 0.4) is 0 Å². The summed E-state index contributed by atoms with van der Waals surface area (Å²) in [6, 6.07) is 9.85. The van der Waals surface area contributed by atoms with Gasteiger partial charge in [-0.3, -0.25) is 4.79 Å². The molecule has 0 aliphatic heterocycles. The van der Waals surface area contributed by atoms with Gasteiger partial charge in [0.1, 0.15) is 0 Å². The molecule has 0 aliphatic carbocycles. The molecule has 0 spiro atoms. The van der Waals surface area contributed by atoms with E-state index in [2.05, 4.69) is 5.32 Å². The van der Waals surface area contributed by atoms with Crippen LogP contribution in [0.2, 0.25) is 10.0 Å². The first-order chi connectivity index (χ1) is 11.3. The average Bonchev–Trinajstić information content (AvgIpc) is 2.50. The highest BCUT2D eigenvalue weighted by Gasteiger charge is 2.29. The van der Waals surface area contributed by atoms with Crippen molar-refractivity contribution in [2.24, 2.45) is 0 Å². The lowest BCUT2D eigenvalue weighted by Gasteiger charge is -2.09. The van der Waals surface area contributed by atoms with Gasteiger partial charge in [0.25, 0.3) is 0 Å². The number of amides is 1. The van der Waals surface area contributed by atoms with Gasteiger partial charge in [-0.1, -0.05) is 41.4 Å². The molecule has 0 radical (unpaired) electrons. The fourth-order valence-electron chi connectivity index (χ4n) is 2.10. The number of hydrogen-bond acceptors (Lipinski definition) is 1. The first-order valence-electron chi connectivity index (χ1n) is 7.12. The molecule has 0 fully saturated rings. The summed E-state index contributed by atoms with van der Waals surface area (Å²) in [6.45, 7) is 0.339. The number of carbonyl (C=O) groups excluding carboxylic acids is 1. The molecule has 0 unspecified atom stereocenters. The van der Waals surface area contributed by atoms with Crippen LogP contribution in [0, 0.1) is 0 Å². The van der Waals surface area contributed by atoms with Crippen LogP contribution in [0.25, 0.3) is 0 Å². The van der Waals surface area contributed by atoms with Crippen LogP contribution < -0.4 is 5.32 Å². The Hall–Kier alpha value is -1.72. The minimum atomic E-state index is -4.34. The molecule has 7 heteroatoms. The van der Waals surface area contributed by atoms with E-state index < -0.39 is 11.7 Å². The molecule has 2 rings (SSSR count). The van der Waals surface area contributed by atoms with Gasteiger partial charge in [-0.05, 0) is 41.8 Å². The second-order valence-corrected chi connectivity index (χ2v) is 6.03. The predicted molar refractivity (Wildman–Crippen MR) is 88.3 cm³/mol. The highest BCUT2D eigenvalue weighted by Crippen LogP contribution is 2.29. The summed E-state index contributed by atoms with van der Waals surface area (Å²) in [7, 11) is 0. The average molecular weight is 376 g/mol. The molecule has 0 saturated carbocycles. The molecule has 2 aromatic carbocycles. The van der Waals surface area contributed by atoms with Crippen LogP contribution in [-0.4, -0.2) is 12.5 Å². The van der Waals surface area contributed by atoms with Crippen molar-refractivity contribution in [3.63, 3.8) is 0 Å². The van der Waals surface area contributed by atoms with Crippen LogP contribution >= 0.6 is 23.2 Å². The van der Waals surface area contributed by atoms with Gasteiger partial charge in [-0.25, -0.2) is 0 Å². The second-order valence-electron chi connectivity index (χ2n) is 5.22. The molecule has 0 atom stereocenters. The molecule has 24 heavy (non-hydrogen) atoms. The summed E-state index contributed by atoms with van der Waals surface area (Å²) in [6.07, 6.45) is -3.73. The van der Waals surface area contributed by atoms with Crippen molar-refractivity contribution in [3.8, 4) is 0 Å². The molecule has 2 nitrogen and oxygen atoms in total. The van der Waals surface area contributed by atoms with Gasteiger partial charge in [0.15, 0.2) is 0 Å². The Kier molecular flexibility index (Phi) is 6.13. The molecule has 0 heterocycles. The van der Waals surface area contributed by atoms with Gasteiger partial charge < -0.3 is 5.32 Å². The van der Waals surface area contributed by atoms with Gasteiger partial charge in [0.2, 0.25) is 5.91 Å². The van der Waals surface area contributed by atoms with E-state index in [9.17, 15) is 18.0 Å². The van der Waals surface area contributed by atoms with Gasteiger partial charge >= 0.3 is 6.18 Å². The Morgan fingerprint density at radius 2 is 1.58 bits per heavy atom. The maximum atomic E-state index is 12.5. The minimum Gasteiger partial charge on any atom is -0.355 e. The van der Waals surface area contributed by atoms with E-state index in [4.69, 9.17) is 23.2 Å². The third-order valence-corrected chi connectivity index (χ3v) is 4.10. The zero-order chi connectivity index (χ0) is 17.7. The molecule has 1 N–H and O–H groups in total. The molecule has 0 bridgehead atoms. The summed E-state index contributed by atoms with van der Waals surface area (Å²) in [5.74, 6) is -0.194. The van der Waals surface area contributed by atoms with Crippen LogP contribution in [0.1, 0.15) is 16.7 Å².